The van der Waals surface area contributed by atoms with E-state index < -0.39 is 20.8 Å². The van der Waals surface area contributed by atoms with Crippen LogP contribution >= 0.6 is 0 Å². The van der Waals surface area contributed by atoms with Gasteiger partial charge < -0.3 is 18.2 Å². The van der Waals surface area contributed by atoms with Gasteiger partial charge in [0.1, 0.15) is 0 Å². The van der Waals surface area contributed by atoms with Crippen LogP contribution in [0.2, 0.25) is 0 Å². The van der Waals surface area contributed by atoms with Crippen LogP contribution in [0.15, 0.2) is 0 Å². The van der Waals surface area contributed by atoms with Crippen molar-refractivity contribution < 1.29 is 54.5 Å². The van der Waals surface area contributed by atoms with Crippen molar-refractivity contribution in [3.8, 4) is 0 Å². The Kier molecular flexibility index (Phi) is 15.9. The van der Waals surface area contributed by atoms with Gasteiger partial charge >= 0.3 is 33.0 Å². The summed E-state index contributed by atoms with van der Waals surface area (Å²) in [6, 6.07) is 0. The van der Waals surface area contributed by atoms with Gasteiger partial charge in [-0.1, -0.05) is 0 Å². The molecule has 0 amide bonds. The van der Waals surface area contributed by atoms with Crippen LogP contribution in [-0.2, 0) is 53.8 Å². The Morgan fingerprint density at radius 1 is 0.667 bits per heavy atom. The molecular formula is O8S3Zn. The van der Waals surface area contributed by atoms with Crippen molar-refractivity contribution in [1.82, 2.24) is 0 Å². The van der Waals surface area contributed by atoms with Crippen molar-refractivity contribution in [3.05, 3.63) is 0 Å². The molecule has 0 aliphatic rings. The van der Waals surface area contributed by atoms with Gasteiger partial charge in [-0.3, -0.25) is 16.8 Å². The van der Waals surface area contributed by atoms with Crippen LogP contribution in [0.25, 0.3) is 0 Å². The average molecular weight is 290 g/mol. The number of hydrogen-bond donors (Lipinski definition) is 0. The summed E-state index contributed by atoms with van der Waals surface area (Å²) in [6.45, 7) is 0. The Morgan fingerprint density at radius 2 is 0.667 bits per heavy atom. The standard InChI is InChI=1S/2H2O4S.S.Zn/c2*1-5(2,3)4;;/h2*(H2,1,2,3,4);;/q;;2*+2/p-4. The van der Waals surface area contributed by atoms with E-state index in [0.717, 1.165) is 0 Å². The zero-order valence-electron chi connectivity index (χ0n) is 5.20. The van der Waals surface area contributed by atoms with Crippen LogP contribution in [0, 0.1) is 0 Å². The molecule has 0 rings (SSSR count). The number of hydrogen-bond acceptors (Lipinski definition) is 8. The molecule has 0 aromatic rings. The van der Waals surface area contributed by atoms with E-state index in [4.69, 9.17) is 35.0 Å². The molecular weight excluding hydrogens is 290 g/mol. The van der Waals surface area contributed by atoms with Crippen LogP contribution in [0.3, 0.4) is 0 Å². The van der Waals surface area contributed by atoms with Crippen LogP contribution in [0.4, 0.5) is 0 Å². The summed E-state index contributed by atoms with van der Waals surface area (Å²) in [7, 11) is -10.3. The van der Waals surface area contributed by atoms with Crippen molar-refractivity contribution in [1.29, 1.82) is 0 Å². The third-order valence-electron chi connectivity index (χ3n) is 0. The zero-order valence-corrected chi connectivity index (χ0v) is 10.6. The maximum Gasteiger partial charge on any atom is 2.00 e. The molecule has 8 nitrogen and oxygen atoms in total. The van der Waals surface area contributed by atoms with Gasteiger partial charge in [-0.25, -0.2) is 0 Å². The van der Waals surface area contributed by atoms with E-state index in [-0.39, 0.29) is 33.0 Å². The predicted octanol–water partition coefficient (Wildman–Crippen LogP) is -2.68. The van der Waals surface area contributed by atoms with Gasteiger partial charge in [0, 0.05) is 20.8 Å². The number of rotatable bonds is 0. The van der Waals surface area contributed by atoms with Gasteiger partial charge in [0.2, 0.25) is 0 Å². The molecule has 0 fully saturated rings. The minimum absolute atomic E-state index is 0. The Morgan fingerprint density at radius 3 is 0.667 bits per heavy atom. The molecule has 0 saturated heterocycles. The molecule has 0 atom stereocenters. The normalized spacial score (nSPS) is 9.67. The average Bonchev–Trinajstić information content (AvgIpc) is 1.12. The molecule has 0 bridgehead atoms. The topological polar surface area (TPSA) is 161 Å². The molecule has 12 heteroatoms. The van der Waals surface area contributed by atoms with E-state index in [1.54, 1.807) is 0 Å². The smallest absolute Gasteiger partial charge is 0.759 e. The predicted molar refractivity (Wildman–Crippen MR) is 28.3 cm³/mol. The third kappa shape index (κ3) is 1990. The third-order valence-corrected chi connectivity index (χ3v) is 0. The summed E-state index contributed by atoms with van der Waals surface area (Å²) < 4.78 is 68.2. The van der Waals surface area contributed by atoms with Crippen LogP contribution in [-0.4, -0.2) is 35.0 Å². The van der Waals surface area contributed by atoms with E-state index in [1.807, 2.05) is 0 Å². The minimum Gasteiger partial charge on any atom is -0.759 e. The molecule has 4 radical (unpaired) electrons. The quantitative estimate of drug-likeness (QED) is 0.265. The van der Waals surface area contributed by atoms with Crippen molar-refractivity contribution >= 4 is 34.3 Å². The summed E-state index contributed by atoms with van der Waals surface area (Å²) >= 11 is 0. The van der Waals surface area contributed by atoms with Gasteiger partial charge in [-0.05, 0) is 0 Å². The first kappa shape index (κ1) is 23.0. The van der Waals surface area contributed by atoms with Gasteiger partial charge in [0.15, 0.2) is 0 Å². The van der Waals surface area contributed by atoms with Crippen LogP contribution in [0.1, 0.15) is 0 Å². The Balaban J connectivity index is -0.0000000457. The molecule has 0 N–H and O–H groups in total. The molecule has 68 valence electrons. The van der Waals surface area contributed by atoms with E-state index >= 15 is 0 Å². The Hall–Kier alpha value is 0.713. The molecule has 0 unspecified atom stereocenters. The zero-order chi connectivity index (χ0) is 9.00. The maximum absolute atomic E-state index is 8.52. The first-order valence-corrected chi connectivity index (χ1v) is 4.00. The largest absolute Gasteiger partial charge is 2.00 e. The van der Waals surface area contributed by atoms with Gasteiger partial charge in [0.25, 0.3) is 0 Å². The molecule has 0 aliphatic heterocycles. The Bertz CT molecular complexity index is 211. The van der Waals surface area contributed by atoms with Crippen molar-refractivity contribution in [3.63, 3.8) is 0 Å². The summed E-state index contributed by atoms with van der Waals surface area (Å²) in [4.78, 5) is 0. The van der Waals surface area contributed by atoms with Crippen LogP contribution in [0.5, 0.6) is 0 Å². The first-order valence-electron chi connectivity index (χ1n) is 1.33. The second-order valence-electron chi connectivity index (χ2n) is 0.816. The summed E-state index contributed by atoms with van der Waals surface area (Å²) in [5, 5.41) is 0. The fraction of sp³-hybridized carbons (Fsp3) is 0. The van der Waals surface area contributed by atoms with Crippen LogP contribution < -0.4 is 0 Å². The fourth-order valence-electron chi connectivity index (χ4n) is 0. The van der Waals surface area contributed by atoms with Crippen molar-refractivity contribution in [2.45, 2.75) is 0 Å². The monoisotopic (exact) mass is 288 g/mol. The van der Waals surface area contributed by atoms with E-state index in [0.29, 0.717) is 0 Å². The van der Waals surface area contributed by atoms with E-state index in [2.05, 4.69) is 0 Å². The maximum atomic E-state index is 8.52. The molecule has 12 heavy (non-hydrogen) atoms. The first-order chi connectivity index (χ1) is 4.00. The molecule has 0 aliphatic carbocycles. The second-order valence-corrected chi connectivity index (χ2v) is 2.45. The fourth-order valence-corrected chi connectivity index (χ4v) is 0. The Labute approximate surface area is 88.7 Å². The summed E-state index contributed by atoms with van der Waals surface area (Å²) in [6.07, 6.45) is 0. The minimum atomic E-state index is -5.17. The van der Waals surface area contributed by atoms with E-state index in [9.17, 15) is 0 Å². The molecule has 0 aromatic heterocycles. The second kappa shape index (κ2) is 8.32. The summed E-state index contributed by atoms with van der Waals surface area (Å²) in [5.41, 5.74) is 0. The molecule has 0 saturated carbocycles. The van der Waals surface area contributed by atoms with Crippen molar-refractivity contribution in [2.75, 3.05) is 0 Å². The molecule has 0 heterocycles. The van der Waals surface area contributed by atoms with Gasteiger partial charge in [-0.15, -0.1) is 0 Å². The van der Waals surface area contributed by atoms with E-state index in [1.165, 1.54) is 0 Å². The summed E-state index contributed by atoms with van der Waals surface area (Å²) in [5.74, 6) is 0. The molecule has 0 spiro atoms. The molecule has 0 aromatic carbocycles. The van der Waals surface area contributed by atoms with Gasteiger partial charge in [-0.2, -0.15) is 0 Å². The van der Waals surface area contributed by atoms with Crippen molar-refractivity contribution in [2.24, 2.45) is 0 Å². The van der Waals surface area contributed by atoms with Gasteiger partial charge in [0.05, 0.1) is 0 Å². The SMILES string of the molecule is O=S(=O)([O-])[O-].O=S(=O)([O-])[O-].[S+2].[Zn+2].